The summed E-state index contributed by atoms with van der Waals surface area (Å²) in [6, 6.07) is 8.40. The van der Waals surface area contributed by atoms with Crippen molar-refractivity contribution in [3.05, 3.63) is 36.3 Å². The molecule has 17 heavy (non-hydrogen) atoms. The van der Waals surface area contributed by atoms with Gasteiger partial charge in [0, 0.05) is 17.9 Å². The molecule has 0 saturated carbocycles. The maximum absolute atomic E-state index is 8.77. The molecule has 1 heterocycles. The van der Waals surface area contributed by atoms with Gasteiger partial charge >= 0.3 is 0 Å². The lowest BCUT2D eigenvalue weighted by atomic mass is 10.2. The lowest BCUT2D eigenvalue weighted by Crippen LogP contribution is -1.91. The number of aromatic amines is 1. The molecular formula is C13H16N2OS. The first-order valence-electron chi connectivity index (χ1n) is 5.62. The van der Waals surface area contributed by atoms with E-state index in [0.717, 1.165) is 29.9 Å². The van der Waals surface area contributed by atoms with E-state index in [0.29, 0.717) is 0 Å². The third kappa shape index (κ3) is 3.11. The van der Waals surface area contributed by atoms with E-state index < -0.39 is 0 Å². The molecule has 0 aliphatic rings. The molecule has 1 aromatic heterocycles. The Morgan fingerprint density at radius 2 is 2.06 bits per heavy atom. The Hall–Kier alpha value is -1.26. The summed E-state index contributed by atoms with van der Waals surface area (Å²) in [5.74, 6) is 0.933. The Balaban J connectivity index is 2.12. The molecule has 0 aliphatic carbocycles. The number of aryl methyl sites for hydroxylation is 1. The minimum Gasteiger partial charge on any atom is -0.396 e. The number of aliphatic hydroxyl groups excluding tert-OH is 1. The molecule has 90 valence electrons. The highest BCUT2D eigenvalue weighted by Gasteiger charge is 2.03. The topological polar surface area (TPSA) is 48.9 Å². The summed E-state index contributed by atoms with van der Waals surface area (Å²) in [4.78, 5) is 8.83. The molecule has 3 nitrogen and oxygen atoms in total. The molecule has 2 aromatic rings. The third-order valence-corrected chi connectivity index (χ3v) is 3.34. The molecular weight excluding hydrogens is 232 g/mol. The Morgan fingerprint density at radius 1 is 1.29 bits per heavy atom. The van der Waals surface area contributed by atoms with E-state index in [1.54, 1.807) is 11.8 Å². The second-order valence-corrected chi connectivity index (χ2v) is 4.68. The predicted molar refractivity (Wildman–Crippen MR) is 71.2 cm³/mol. The van der Waals surface area contributed by atoms with Crippen LogP contribution in [0.5, 0.6) is 0 Å². The maximum atomic E-state index is 8.77. The molecule has 2 rings (SSSR count). The molecule has 4 heteroatoms. The van der Waals surface area contributed by atoms with E-state index in [4.69, 9.17) is 5.11 Å². The van der Waals surface area contributed by atoms with Crippen LogP contribution in [0.25, 0.3) is 11.3 Å². The van der Waals surface area contributed by atoms with Crippen molar-refractivity contribution in [2.24, 2.45) is 0 Å². The largest absolute Gasteiger partial charge is 0.396 e. The van der Waals surface area contributed by atoms with Crippen LogP contribution in [-0.2, 0) is 6.42 Å². The molecule has 2 N–H and O–H groups in total. The van der Waals surface area contributed by atoms with Gasteiger partial charge in [0.25, 0.3) is 0 Å². The molecule has 0 amide bonds. The highest BCUT2D eigenvalue weighted by atomic mass is 32.2. The molecule has 0 unspecified atom stereocenters. The Morgan fingerprint density at radius 3 is 2.71 bits per heavy atom. The van der Waals surface area contributed by atoms with E-state index in [-0.39, 0.29) is 6.61 Å². The first-order valence-corrected chi connectivity index (χ1v) is 6.85. The van der Waals surface area contributed by atoms with Gasteiger partial charge in [-0.25, -0.2) is 4.98 Å². The van der Waals surface area contributed by atoms with Crippen molar-refractivity contribution in [1.29, 1.82) is 0 Å². The second kappa shape index (κ2) is 5.89. The highest BCUT2D eigenvalue weighted by Crippen LogP contribution is 2.21. The van der Waals surface area contributed by atoms with Gasteiger partial charge in [-0.2, -0.15) is 0 Å². The SMILES string of the molecule is CSc1ccc(-c2cnc(CCCO)[nH]2)cc1. The highest BCUT2D eigenvalue weighted by molar-refractivity contribution is 7.98. The number of hydrogen-bond donors (Lipinski definition) is 2. The van der Waals surface area contributed by atoms with Gasteiger partial charge < -0.3 is 10.1 Å². The molecule has 0 spiro atoms. The van der Waals surface area contributed by atoms with E-state index in [9.17, 15) is 0 Å². The van der Waals surface area contributed by atoms with Crippen LogP contribution in [0, 0.1) is 0 Å². The van der Waals surface area contributed by atoms with Gasteiger partial charge in [0.2, 0.25) is 0 Å². The van der Waals surface area contributed by atoms with E-state index in [2.05, 4.69) is 40.5 Å². The maximum Gasteiger partial charge on any atom is 0.106 e. The third-order valence-electron chi connectivity index (χ3n) is 2.60. The van der Waals surface area contributed by atoms with E-state index in [1.807, 2.05) is 6.20 Å². The minimum absolute atomic E-state index is 0.207. The summed E-state index contributed by atoms with van der Waals surface area (Å²) in [5, 5.41) is 8.77. The first-order chi connectivity index (χ1) is 8.33. The number of nitrogens with one attached hydrogen (secondary N) is 1. The quantitative estimate of drug-likeness (QED) is 0.800. The molecule has 0 saturated heterocycles. The first kappa shape index (κ1) is 12.2. The van der Waals surface area contributed by atoms with Gasteiger partial charge in [-0.05, 0) is 30.4 Å². The number of rotatable bonds is 5. The van der Waals surface area contributed by atoms with Crippen molar-refractivity contribution in [2.45, 2.75) is 17.7 Å². The molecule has 0 aliphatic heterocycles. The fourth-order valence-corrected chi connectivity index (χ4v) is 2.06. The number of benzene rings is 1. The van der Waals surface area contributed by atoms with Gasteiger partial charge in [0.15, 0.2) is 0 Å². The van der Waals surface area contributed by atoms with Crippen molar-refractivity contribution in [3.8, 4) is 11.3 Å². The van der Waals surface area contributed by atoms with Crippen molar-refractivity contribution < 1.29 is 5.11 Å². The monoisotopic (exact) mass is 248 g/mol. The molecule has 0 bridgehead atoms. The van der Waals surface area contributed by atoms with Crippen molar-refractivity contribution in [2.75, 3.05) is 12.9 Å². The predicted octanol–water partition coefficient (Wildman–Crippen LogP) is 2.72. The lowest BCUT2D eigenvalue weighted by Gasteiger charge is -1.99. The van der Waals surface area contributed by atoms with Crippen molar-refractivity contribution >= 4 is 11.8 Å². The summed E-state index contributed by atoms with van der Waals surface area (Å²) in [6.07, 6.45) is 5.46. The standard InChI is InChI=1S/C13H16N2OS/c1-17-11-6-4-10(5-7-11)12-9-14-13(15-12)3-2-8-16/h4-7,9,16H,2-3,8H2,1H3,(H,14,15). The molecule has 1 aromatic carbocycles. The van der Waals surface area contributed by atoms with Gasteiger partial charge in [0.05, 0.1) is 11.9 Å². The molecule has 0 atom stereocenters. The van der Waals surface area contributed by atoms with Crippen LogP contribution >= 0.6 is 11.8 Å². The fraction of sp³-hybridized carbons (Fsp3) is 0.308. The zero-order chi connectivity index (χ0) is 12.1. The molecule has 0 radical (unpaired) electrons. The number of nitrogens with zero attached hydrogens (tertiary/aromatic N) is 1. The number of aliphatic hydroxyl groups is 1. The average Bonchev–Trinajstić information content (AvgIpc) is 2.85. The summed E-state index contributed by atoms with van der Waals surface area (Å²) in [6.45, 7) is 0.207. The van der Waals surface area contributed by atoms with Crippen LogP contribution in [0.15, 0.2) is 35.4 Å². The molecule has 0 fully saturated rings. The van der Waals surface area contributed by atoms with Crippen LogP contribution < -0.4 is 0 Å². The van der Waals surface area contributed by atoms with Gasteiger partial charge in [0.1, 0.15) is 5.82 Å². The Labute approximate surface area is 105 Å². The minimum atomic E-state index is 0.207. The zero-order valence-corrected chi connectivity index (χ0v) is 10.6. The number of imidazole rings is 1. The number of hydrogen-bond acceptors (Lipinski definition) is 3. The average molecular weight is 248 g/mol. The van der Waals surface area contributed by atoms with Crippen LogP contribution in [0.3, 0.4) is 0 Å². The van der Waals surface area contributed by atoms with Gasteiger partial charge in [-0.1, -0.05) is 12.1 Å². The second-order valence-electron chi connectivity index (χ2n) is 3.80. The summed E-state index contributed by atoms with van der Waals surface area (Å²) >= 11 is 1.74. The Bertz CT molecular complexity index is 465. The summed E-state index contributed by atoms with van der Waals surface area (Å²) < 4.78 is 0. The van der Waals surface area contributed by atoms with Crippen LogP contribution in [0.4, 0.5) is 0 Å². The van der Waals surface area contributed by atoms with Crippen LogP contribution in [0.1, 0.15) is 12.2 Å². The van der Waals surface area contributed by atoms with E-state index in [1.165, 1.54) is 4.90 Å². The number of thioether (sulfide) groups is 1. The Kier molecular flexibility index (Phi) is 4.23. The zero-order valence-electron chi connectivity index (χ0n) is 9.81. The number of H-pyrrole nitrogens is 1. The van der Waals surface area contributed by atoms with Crippen LogP contribution in [0.2, 0.25) is 0 Å². The van der Waals surface area contributed by atoms with Gasteiger partial charge in [-0.15, -0.1) is 11.8 Å². The normalized spacial score (nSPS) is 10.7. The summed E-state index contributed by atoms with van der Waals surface area (Å²) in [7, 11) is 0. The van der Waals surface area contributed by atoms with Gasteiger partial charge in [-0.3, -0.25) is 0 Å². The summed E-state index contributed by atoms with van der Waals surface area (Å²) in [5.41, 5.74) is 2.18. The smallest absolute Gasteiger partial charge is 0.106 e. The number of aromatic nitrogens is 2. The van der Waals surface area contributed by atoms with Crippen molar-refractivity contribution in [3.63, 3.8) is 0 Å². The lowest BCUT2D eigenvalue weighted by molar-refractivity contribution is 0.287. The van der Waals surface area contributed by atoms with E-state index >= 15 is 0 Å². The van der Waals surface area contributed by atoms with Crippen molar-refractivity contribution in [1.82, 2.24) is 9.97 Å². The van der Waals surface area contributed by atoms with Crippen LogP contribution in [-0.4, -0.2) is 27.9 Å². The fourth-order valence-electron chi connectivity index (χ4n) is 1.65.